The molecule has 3 atom stereocenters. The molecule has 1 N–H and O–H groups in total. The number of phosphoric ester groups is 1. The molecule has 0 rings (SSSR count). The number of esters is 1. The molecule has 0 saturated heterocycles. The van der Waals surface area contributed by atoms with Crippen LogP contribution < -0.4 is 10.2 Å². The predicted octanol–water partition coefficient (Wildman–Crippen LogP) is 19.7. The quantitative estimate of drug-likeness (QED) is 0.0161. The van der Waals surface area contributed by atoms with Crippen molar-refractivity contribution in [3.8, 4) is 0 Å². The molecule has 9 nitrogen and oxygen atoms in total. The lowest BCUT2D eigenvalue weighted by atomic mass is 10.0. The molecule has 10 heteroatoms. The van der Waals surface area contributed by atoms with Gasteiger partial charge < -0.3 is 28.5 Å². The Hall–Kier alpha value is -3.07. The fourth-order valence-electron chi connectivity index (χ4n) is 9.04. The summed E-state index contributed by atoms with van der Waals surface area (Å²) in [5.74, 6) is -0.560. The summed E-state index contributed by atoms with van der Waals surface area (Å²) in [6, 6.07) is -0.900. The summed E-state index contributed by atoms with van der Waals surface area (Å²) >= 11 is 0. The molecule has 0 saturated carbocycles. The maximum Gasteiger partial charge on any atom is 0.306 e. The lowest BCUT2D eigenvalue weighted by Gasteiger charge is -2.30. The van der Waals surface area contributed by atoms with Crippen LogP contribution in [0.5, 0.6) is 0 Å². The van der Waals surface area contributed by atoms with Gasteiger partial charge in [0.05, 0.1) is 33.8 Å². The molecule has 0 aliphatic heterocycles. The van der Waals surface area contributed by atoms with Gasteiger partial charge in [-0.05, 0) is 96.0 Å². The fraction of sp³-hybridized carbons (Fsp3) is 0.739. The van der Waals surface area contributed by atoms with Crippen LogP contribution >= 0.6 is 7.82 Å². The number of ether oxygens (including phenoxy) is 1. The van der Waals surface area contributed by atoms with Gasteiger partial charge in [-0.15, -0.1) is 0 Å². The Kier molecular flexibility index (Phi) is 55.9. The minimum atomic E-state index is -4.71. The van der Waals surface area contributed by atoms with Gasteiger partial charge >= 0.3 is 5.97 Å². The molecule has 0 spiro atoms. The van der Waals surface area contributed by atoms with E-state index in [2.05, 4.69) is 111 Å². The first kappa shape index (κ1) is 75.9. The highest BCUT2D eigenvalue weighted by Crippen LogP contribution is 2.38. The van der Waals surface area contributed by atoms with E-state index in [9.17, 15) is 19.0 Å². The van der Waals surface area contributed by atoms with Crippen LogP contribution in [0.3, 0.4) is 0 Å². The standard InChI is InChI=1S/C69H123N2O7P/c1-7-10-13-16-19-22-25-27-29-30-31-32-33-34-35-36-37-38-39-40-42-43-46-49-52-55-58-61-68(72)70-66(65-77-79(74,75)76-64-63-71(4,5)6)67(60-57-54-51-48-45-24-21-18-15-12-9-3)78-69(73)62-59-56-53-50-47-44-41-28-26-23-20-17-14-11-8-2/h11,14,17,19-20,22-23,26-27,29,31-32,34-35,57,60,66-67H,7-10,12-13,15-16,18,21,24-25,28,30,33,36-56,58-59,61-65H2,1-6H3,(H-,70,72,74,75)/b14-11+,20-17+,22-19-,26-23+,29-27-,32-31-,35-34-,60-57-. The molecule has 0 aromatic rings. The summed E-state index contributed by atoms with van der Waals surface area (Å²) in [6.07, 6.45) is 78.1. The second-order valence-corrected chi connectivity index (χ2v) is 24.4. The van der Waals surface area contributed by atoms with Gasteiger partial charge in [0.1, 0.15) is 19.3 Å². The molecule has 0 radical (unpaired) electrons. The number of hydrogen-bond acceptors (Lipinski definition) is 7. The van der Waals surface area contributed by atoms with E-state index in [4.69, 9.17) is 13.8 Å². The molecule has 0 aromatic heterocycles. The SMILES string of the molecule is CC/C=C/C=C/C=C/CCCCCCCCCC(=O)OC(/C=C\CCCCCCCCCCC)C(COP(=O)([O-])OCC[N+](C)(C)C)NC(=O)CCCCCCCCCCCCC/C=C\C/C=C\C/C=C\C/C=C\CCCCC. The monoisotopic (exact) mass is 1120 g/mol. The van der Waals surface area contributed by atoms with Crippen molar-refractivity contribution < 1.29 is 37.3 Å². The van der Waals surface area contributed by atoms with Gasteiger partial charge in [-0.25, -0.2) is 0 Å². The third kappa shape index (κ3) is 59.4. The van der Waals surface area contributed by atoms with Gasteiger partial charge in [-0.1, -0.05) is 266 Å². The van der Waals surface area contributed by atoms with Crippen molar-refractivity contribution in [1.82, 2.24) is 5.32 Å². The van der Waals surface area contributed by atoms with Gasteiger partial charge in [-0.2, -0.15) is 0 Å². The molecular formula is C69H123N2O7P. The second-order valence-electron chi connectivity index (χ2n) is 22.9. The largest absolute Gasteiger partial charge is 0.756 e. The van der Waals surface area contributed by atoms with Crippen molar-refractivity contribution >= 4 is 19.7 Å². The van der Waals surface area contributed by atoms with E-state index in [1.54, 1.807) is 0 Å². The van der Waals surface area contributed by atoms with Crippen LogP contribution in [0, 0.1) is 0 Å². The number of rotatable bonds is 58. The lowest BCUT2D eigenvalue weighted by molar-refractivity contribution is -0.870. The summed E-state index contributed by atoms with van der Waals surface area (Å²) in [4.78, 5) is 40.0. The summed E-state index contributed by atoms with van der Waals surface area (Å²) in [5.41, 5.74) is 0. The Balaban J connectivity index is 5.07. The van der Waals surface area contributed by atoms with Gasteiger partial charge in [0.2, 0.25) is 5.91 Å². The molecule has 0 heterocycles. The summed E-state index contributed by atoms with van der Waals surface area (Å²) in [7, 11) is 1.17. The number of hydrogen-bond donors (Lipinski definition) is 1. The number of nitrogens with one attached hydrogen (secondary N) is 1. The zero-order valence-electron chi connectivity index (χ0n) is 52.1. The van der Waals surface area contributed by atoms with Crippen LogP contribution in [-0.4, -0.2) is 69.4 Å². The van der Waals surface area contributed by atoms with Gasteiger partial charge in [0.15, 0.2) is 0 Å². The van der Waals surface area contributed by atoms with Crippen molar-refractivity contribution in [2.24, 2.45) is 0 Å². The Morgan fingerprint density at radius 2 is 0.861 bits per heavy atom. The Bertz CT molecular complexity index is 1670. The molecule has 0 bridgehead atoms. The minimum absolute atomic E-state index is 0.0290. The van der Waals surface area contributed by atoms with Crippen molar-refractivity contribution in [2.75, 3.05) is 40.9 Å². The zero-order valence-corrected chi connectivity index (χ0v) is 52.9. The van der Waals surface area contributed by atoms with Gasteiger partial charge in [0, 0.05) is 12.8 Å². The minimum Gasteiger partial charge on any atom is -0.756 e. The van der Waals surface area contributed by atoms with Crippen LogP contribution in [0.15, 0.2) is 97.2 Å². The van der Waals surface area contributed by atoms with Crippen molar-refractivity contribution in [3.05, 3.63) is 97.2 Å². The lowest BCUT2D eigenvalue weighted by Crippen LogP contribution is -2.47. The highest BCUT2D eigenvalue weighted by molar-refractivity contribution is 7.45. The summed E-state index contributed by atoms with van der Waals surface area (Å²) in [6.45, 7) is 6.67. The molecule has 3 unspecified atom stereocenters. The summed E-state index contributed by atoms with van der Waals surface area (Å²) in [5, 5.41) is 3.03. The van der Waals surface area contributed by atoms with E-state index < -0.39 is 26.6 Å². The van der Waals surface area contributed by atoms with E-state index in [0.717, 1.165) is 96.3 Å². The van der Waals surface area contributed by atoms with Crippen LogP contribution in [0.1, 0.15) is 278 Å². The van der Waals surface area contributed by atoms with Crippen molar-refractivity contribution in [3.63, 3.8) is 0 Å². The predicted molar refractivity (Wildman–Crippen MR) is 339 cm³/mol. The van der Waals surface area contributed by atoms with E-state index in [0.29, 0.717) is 23.9 Å². The number of allylic oxidation sites excluding steroid dienone is 15. The first-order chi connectivity index (χ1) is 38.4. The highest BCUT2D eigenvalue weighted by Gasteiger charge is 2.27. The Labute approximate surface area is 488 Å². The third-order valence-corrected chi connectivity index (χ3v) is 15.0. The molecule has 0 aliphatic rings. The molecule has 0 fully saturated rings. The fourth-order valence-corrected chi connectivity index (χ4v) is 9.76. The summed E-state index contributed by atoms with van der Waals surface area (Å²) < 4.78 is 30.3. The number of carbonyl (C=O) groups excluding carboxylic acids is 2. The van der Waals surface area contributed by atoms with Gasteiger partial charge in [-0.3, -0.25) is 14.2 Å². The first-order valence-corrected chi connectivity index (χ1v) is 34.0. The van der Waals surface area contributed by atoms with E-state index >= 15 is 0 Å². The molecule has 0 aliphatic carbocycles. The number of likely N-dealkylation sites (N-methyl/N-ethyl adjacent to an activating group) is 1. The second kappa shape index (κ2) is 58.1. The number of amides is 1. The van der Waals surface area contributed by atoms with Gasteiger partial charge in [0.25, 0.3) is 7.82 Å². The number of nitrogens with zero attached hydrogens (tertiary/aromatic N) is 1. The van der Waals surface area contributed by atoms with Crippen LogP contribution in [0.25, 0.3) is 0 Å². The van der Waals surface area contributed by atoms with E-state index in [-0.39, 0.29) is 24.9 Å². The van der Waals surface area contributed by atoms with E-state index in [1.807, 2.05) is 33.3 Å². The topological polar surface area (TPSA) is 114 Å². The van der Waals surface area contributed by atoms with Crippen molar-refractivity contribution in [1.29, 1.82) is 0 Å². The number of quaternary nitrogens is 1. The molecule has 79 heavy (non-hydrogen) atoms. The maximum atomic E-state index is 13.6. The average Bonchev–Trinajstić information content (AvgIpc) is 3.41. The number of unbranched alkanes of at least 4 members (excludes halogenated alkanes) is 30. The molecule has 1 amide bonds. The number of phosphoric acid groups is 1. The van der Waals surface area contributed by atoms with Crippen molar-refractivity contribution in [2.45, 2.75) is 290 Å². The maximum absolute atomic E-state index is 13.6. The molecule has 0 aromatic carbocycles. The average molecular weight is 1120 g/mol. The highest BCUT2D eigenvalue weighted by atomic mass is 31.2. The smallest absolute Gasteiger partial charge is 0.306 e. The first-order valence-electron chi connectivity index (χ1n) is 32.6. The Morgan fingerprint density at radius 3 is 1.34 bits per heavy atom. The molecule has 456 valence electrons. The zero-order chi connectivity index (χ0) is 57.9. The van der Waals surface area contributed by atoms with Crippen LogP contribution in [0.2, 0.25) is 0 Å². The van der Waals surface area contributed by atoms with E-state index in [1.165, 1.54) is 141 Å². The number of carbonyl (C=O) groups is 2. The molecular weight excluding hydrogens is 1000 g/mol. The Morgan fingerprint density at radius 1 is 0.468 bits per heavy atom. The third-order valence-electron chi connectivity index (χ3n) is 14.1. The normalized spacial score (nSPS) is 14.3. The van der Waals surface area contributed by atoms with Crippen LogP contribution in [-0.2, 0) is 27.9 Å². The van der Waals surface area contributed by atoms with Crippen LogP contribution in [0.4, 0.5) is 0 Å².